The number of fused-ring (bicyclic) bond motifs is 2. The zero-order chi connectivity index (χ0) is 22.6. The predicted molar refractivity (Wildman–Crippen MR) is 130 cm³/mol. The topological polar surface area (TPSA) is 72.5 Å². The van der Waals surface area contributed by atoms with Gasteiger partial charge in [0.25, 0.3) is 5.91 Å². The maximum atomic E-state index is 11.5. The fourth-order valence-corrected chi connectivity index (χ4v) is 5.04. The number of nitrogens with zero attached hydrogens (tertiary/aromatic N) is 1. The number of nitrogens with one attached hydrogen (secondary N) is 2. The van der Waals surface area contributed by atoms with Crippen molar-refractivity contribution < 1.29 is 14.3 Å². The van der Waals surface area contributed by atoms with Gasteiger partial charge in [-0.05, 0) is 92.0 Å². The molecule has 1 aliphatic carbocycles. The molecule has 3 aromatic rings. The van der Waals surface area contributed by atoms with Crippen LogP contribution in [-0.2, 0) is 17.8 Å². The van der Waals surface area contributed by atoms with Crippen molar-refractivity contribution in [1.82, 2.24) is 10.3 Å². The Morgan fingerprint density at radius 2 is 2.00 bits per heavy atom. The summed E-state index contributed by atoms with van der Waals surface area (Å²) in [6, 6.07) is 14.9. The fourth-order valence-electron chi connectivity index (χ4n) is 5.04. The number of hydrogen-bond acceptors (Lipinski definition) is 5. The van der Waals surface area contributed by atoms with Crippen LogP contribution in [0.5, 0.6) is 11.5 Å². The Morgan fingerprint density at radius 1 is 1.12 bits per heavy atom. The van der Waals surface area contributed by atoms with Crippen LogP contribution in [0.1, 0.15) is 43.2 Å². The molecule has 2 aromatic carbocycles. The Balaban J connectivity index is 1.11. The van der Waals surface area contributed by atoms with E-state index >= 15 is 0 Å². The Hall–Kier alpha value is -3.12. The summed E-state index contributed by atoms with van der Waals surface area (Å²) in [6.45, 7) is 0.905. The van der Waals surface area contributed by atoms with Crippen molar-refractivity contribution in [3.05, 3.63) is 59.8 Å². The van der Waals surface area contributed by atoms with Gasteiger partial charge in [-0.15, -0.1) is 0 Å². The van der Waals surface area contributed by atoms with Gasteiger partial charge in [0.1, 0.15) is 11.5 Å². The SMILES string of the molecule is COc1ccc2nccc(CCC3CCC(NCc4ccc5c(c4)NC(=O)CO5)CC3)c2c1. The second-order valence-corrected chi connectivity index (χ2v) is 9.16. The molecule has 0 bridgehead atoms. The highest BCUT2D eigenvalue weighted by Crippen LogP contribution is 2.31. The minimum Gasteiger partial charge on any atom is -0.497 e. The highest BCUT2D eigenvalue weighted by molar-refractivity contribution is 5.95. The predicted octanol–water partition coefficient (Wildman–Crippen LogP) is 4.86. The van der Waals surface area contributed by atoms with Gasteiger partial charge >= 0.3 is 0 Å². The minimum absolute atomic E-state index is 0.0927. The third-order valence-electron chi connectivity index (χ3n) is 6.98. The van der Waals surface area contributed by atoms with Gasteiger partial charge in [0.2, 0.25) is 0 Å². The van der Waals surface area contributed by atoms with Crippen molar-refractivity contribution in [3.63, 3.8) is 0 Å². The maximum Gasteiger partial charge on any atom is 0.262 e. The third-order valence-corrected chi connectivity index (χ3v) is 6.98. The summed E-state index contributed by atoms with van der Waals surface area (Å²) < 4.78 is 10.9. The van der Waals surface area contributed by atoms with E-state index in [-0.39, 0.29) is 12.5 Å². The number of hydrogen-bond donors (Lipinski definition) is 2. The second-order valence-electron chi connectivity index (χ2n) is 9.16. The molecule has 1 fully saturated rings. The van der Waals surface area contributed by atoms with Crippen LogP contribution in [0.3, 0.4) is 0 Å². The number of pyridine rings is 1. The lowest BCUT2D eigenvalue weighted by Crippen LogP contribution is -2.33. The van der Waals surface area contributed by atoms with E-state index in [2.05, 4.69) is 33.8 Å². The second kappa shape index (κ2) is 9.79. The van der Waals surface area contributed by atoms with E-state index in [4.69, 9.17) is 9.47 Å². The molecule has 2 heterocycles. The van der Waals surface area contributed by atoms with Gasteiger partial charge in [0.15, 0.2) is 6.61 Å². The molecule has 1 amide bonds. The van der Waals surface area contributed by atoms with Gasteiger partial charge in [0.05, 0.1) is 18.3 Å². The molecule has 0 spiro atoms. The maximum absolute atomic E-state index is 11.5. The first-order valence-electron chi connectivity index (χ1n) is 11.9. The number of amides is 1. The normalized spacial score (nSPS) is 20.1. The van der Waals surface area contributed by atoms with Crippen LogP contribution in [0, 0.1) is 5.92 Å². The van der Waals surface area contributed by atoms with E-state index in [0.717, 1.165) is 41.6 Å². The van der Waals surface area contributed by atoms with Crippen molar-refractivity contribution in [3.8, 4) is 11.5 Å². The summed E-state index contributed by atoms with van der Waals surface area (Å²) >= 11 is 0. The van der Waals surface area contributed by atoms with Crippen LogP contribution in [0.25, 0.3) is 10.9 Å². The average Bonchev–Trinajstić information content (AvgIpc) is 2.86. The molecule has 0 saturated heterocycles. The van der Waals surface area contributed by atoms with Crippen LogP contribution in [0.2, 0.25) is 0 Å². The minimum atomic E-state index is -0.0927. The molecule has 5 rings (SSSR count). The van der Waals surface area contributed by atoms with Crippen LogP contribution in [0.15, 0.2) is 48.7 Å². The van der Waals surface area contributed by atoms with Gasteiger partial charge < -0.3 is 20.1 Å². The van der Waals surface area contributed by atoms with E-state index in [1.807, 2.05) is 30.5 Å². The van der Waals surface area contributed by atoms with E-state index in [0.29, 0.717) is 6.04 Å². The molecule has 0 atom stereocenters. The van der Waals surface area contributed by atoms with E-state index in [1.165, 1.54) is 48.6 Å². The molecule has 2 N–H and O–H groups in total. The Kier molecular flexibility index (Phi) is 6.44. The molecule has 1 aliphatic heterocycles. The lowest BCUT2D eigenvalue weighted by Gasteiger charge is -2.29. The first kappa shape index (κ1) is 21.7. The smallest absolute Gasteiger partial charge is 0.262 e. The van der Waals surface area contributed by atoms with Gasteiger partial charge in [0, 0.05) is 24.2 Å². The number of carbonyl (C=O) groups is 1. The number of anilines is 1. The van der Waals surface area contributed by atoms with Crippen molar-refractivity contribution in [2.45, 2.75) is 51.1 Å². The van der Waals surface area contributed by atoms with Crippen molar-refractivity contribution in [2.24, 2.45) is 5.92 Å². The van der Waals surface area contributed by atoms with Crippen molar-refractivity contribution >= 4 is 22.5 Å². The van der Waals surface area contributed by atoms with E-state index in [1.54, 1.807) is 7.11 Å². The molecule has 6 heteroatoms. The fraction of sp³-hybridized carbons (Fsp3) is 0.407. The molecule has 2 aliphatic rings. The molecule has 1 aromatic heterocycles. The first-order chi connectivity index (χ1) is 16.2. The number of ether oxygens (including phenoxy) is 2. The Bertz CT molecular complexity index is 1140. The number of methoxy groups -OCH3 is 1. The molecule has 172 valence electrons. The van der Waals surface area contributed by atoms with Crippen LogP contribution < -0.4 is 20.1 Å². The quantitative estimate of drug-likeness (QED) is 0.544. The number of carbonyl (C=O) groups excluding carboxylic acids is 1. The molecular weight excluding hydrogens is 414 g/mol. The standard InChI is InChI=1S/C27H31N3O3/c1-32-22-9-10-24-23(15-22)20(12-13-28-24)6-2-18-3-7-21(8-4-18)29-16-19-5-11-26-25(14-19)30-27(31)17-33-26/h5,9-15,18,21,29H,2-4,6-8,16-17H2,1H3,(H,30,31). The summed E-state index contributed by atoms with van der Waals surface area (Å²) in [6.07, 6.45) is 9.16. The summed E-state index contributed by atoms with van der Waals surface area (Å²) in [5.74, 6) is 2.31. The lowest BCUT2D eigenvalue weighted by atomic mass is 9.82. The molecular formula is C27H31N3O3. The van der Waals surface area contributed by atoms with Gasteiger partial charge in [-0.3, -0.25) is 9.78 Å². The Morgan fingerprint density at radius 3 is 2.85 bits per heavy atom. The van der Waals surface area contributed by atoms with Crippen LogP contribution >= 0.6 is 0 Å². The van der Waals surface area contributed by atoms with E-state index < -0.39 is 0 Å². The summed E-state index contributed by atoms with van der Waals surface area (Å²) in [7, 11) is 1.71. The number of benzene rings is 2. The highest BCUT2D eigenvalue weighted by Gasteiger charge is 2.21. The van der Waals surface area contributed by atoms with E-state index in [9.17, 15) is 4.79 Å². The molecule has 1 saturated carbocycles. The molecule has 0 unspecified atom stereocenters. The van der Waals surface area contributed by atoms with Gasteiger partial charge in [-0.25, -0.2) is 0 Å². The largest absolute Gasteiger partial charge is 0.497 e. The Labute approximate surface area is 194 Å². The summed E-state index contributed by atoms with van der Waals surface area (Å²) in [4.78, 5) is 16.1. The number of rotatable bonds is 7. The number of aryl methyl sites for hydroxylation is 1. The van der Waals surface area contributed by atoms with Gasteiger partial charge in [-0.2, -0.15) is 0 Å². The lowest BCUT2D eigenvalue weighted by molar-refractivity contribution is -0.118. The highest BCUT2D eigenvalue weighted by atomic mass is 16.5. The number of aromatic nitrogens is 1. The summed E-state index contributed by atoms with van der Waals surface area (Å²) in [5.41, 5.74) is 4.34. The molecule has 33 heavy (non-hydrogen) atoms. The average molecular weight is 446 g/mol. The zero-order valence-electron chi connectivity index (χ0n) is 19.1. The van der Waals surface area contributed by atoms with Gasteiger partial charge in [-0.1, -0.05) is 6.07 Å². The third kappa shape index (κ3) is 5.11. The van der Waals surface area contributed by atoms with Crippen molar-refractivity contribution in [2.75, 3.05) is 19.0 Å². The first-order valence-corrected chi connectivity index (χ1v) is 11.9. The van der Waals surface area contributed by atoms with Crippen LogP contribution in [0.4, 0.5) is 5.69 Å². The zero-order valence-corrected chi connectivity index (χ0v) is 19.1. The summed E-state index contributed by atoms with van der Waals surface area (Å²) in [5, 5.41) is 7.81. The molecule has 0 radical (unpaired) electrons. The van der Waals surface area contributed by atoms with Crippen LogP contribution in [-0.4, -0.2) is 30.6 Å². The monoisotopic (exact) mass is 445 g/mol. The molecule has 6 nitrogen and oxygen atoms in total. The van der Waals surface area contributed by atoms with Crippen molar-refractivity contribution in [1.29, 1.82) is 0 Å².